The van der Waals surface area contributed by atoms with E-state index in [2.05, 4.69) is 39.8 Å². The summed E-state index contributed by atoms with van der Waals surface area (Å²) in [6.45, 7) is 9.15. The van der Waals surface area contributed by atoms with Gasteiger partial charge in [-0.1, -0.05) is 45.9 Å². The third-order valence-corrected chi connectivity index (χ3v) is 4.40. The molecule has 2 nitrogen and oxygen atoms in total. The monoisotopic (exact) mass is 275 g/mol. The molecule has 1 saturated carbocycles. The Morgan fingerprint density at radius 1 is 1.30 bits per heavy atom. The highest BCUT2D eigenvalue weighted by molar-refractivity contribution is 5.35. The summed E-state index contributed by atoms with van der Waals surface area (Å²) >= 11 is 0. The molecule has 1 aromatic carbocycles. The van der Waals surface area contributed by atoms with Gasteiger partial charge in [0, 0.05) is 11.6 Å². The van der Waals surface area contributed by atoms with Gasteiger partial charge in [-0.05, 0) is 43.1 Å². The number of para-hydroxylation sites is 1. The maximum atomic E-state index is 6.34. The van der Waals surface area contributed by atoms with Crippen LogP contribution < -0.4 is 10.5 Å². The van der Waals surface area contributed by atoms with E-state index >= 15 is 0 Å². The van der Waals surface area contributed by atoms with Gasteiger partial charge in [0.2, 0.25) is 0 Å². The minimum absolute atomic E-state index is 0.0697. The van der Waals surface area contributed by atoms with Crippen molar-refractivity contribution in [2.24, 2.45) is 17.1 Å². The van der Waals surface area contributed by atoms with E-state index in [0.717, 1.165) is 36.5 Å². The Bertz CT molecular complexity index is 441. The lowest BCUT2D eigenvalue weighted by atomic mass is 9.71. The Labute approximate surface area is 123 Å². The SMILES string of the molecule is CC[C@H](N)c1ccccc1OC1CC(C)CC(C)(C)C1. The highest BCUT2D eigenvalue weighted by Crippen LogP contribution is 2.40. The molecule has 0 bridgehead atoms. The molecule has 2 N–H and O–H groups in total. The van der Waals surface area contributed by atoms with Crippen molar-refractivity contribution in [1.82, 2.24) is 0 Å². The van der Waals surface area contributed by atoms with Gasteiger partial charge in [0.25, 0.3) is 0 Å². The zero-order valence-electron chi connectivity index (χ0n) is 13.4. The predicted octanol–water partition coefficient (Wildman–Crippen LogP) is 4.69. The lowest BCUT2D eigenvalue weighted by Gasteiger charge is -2.39. The zero-order chi connectivity index (χ0) is 14.8. The summed E-state index contributed by atoms with van der Waals surface area (Å²) in [6.07, 6.45) is 4.83. The van der Waals surface area contributed by atoms with E-state index in [-0.39, 0.29) is 6.04 Å². The van der Waals surface area contributed by atoms with E-state index in [1.807, 2.05) is 12.1 Å². The first kappa shape index (κ1) is 15.4. The van der Waals surface area contributed by atoms with Crippen LogP contribution >= 0.6 is 0 Å². The number of hydrogen-bond donors (Lipinski definition) is 1. The molecule has 20 heavy (non-hydrogen) atoms. The highest BCUT2D eigenvalue weighted by Gasteiger charge is 2.33. The van der Waals surface area contributed by atoms with E-state index in [1.54, 1.807) is 0 Å². The van der Waals surface area contributed by atoms with Gasteiger partial charge in [-0.3, -0.25) is 0 Å². The third kappa shape index (κ3) is 3.76. The second kappa shape index (κ2) is 6.17. The van der Waals surface area contributed by atoms with Crippen LogP contribution in [0, 0.1) is 11.3 Å². The molecule has 0 aliphatic heterocycles. The number of ether oxygens (including phenoxy) is 1. The van der Waals surface area contributed by atoms with Gasteiger partial charge in [0.15, 0.2) is 0 Å². The van der Waals surface area contributed by atoms with Gasteiger partial charge in [-0.15, -0.1) is 0 Å². The van der Waals surface area contributed by atoms with E-state index < -0.39 is 0 Å². The van der Waals surface area contributed by atoms with E-state index in [0.29, 0.717) is 11.5 Å². The number of rotatable bonds is 4. The first-order valence-corrected chi connectivity index (χ1v) is 7.92. The second-order valence-electron chi connectivity index (χ2n) is 7.21. The van der Waals surface area contributed by atoms with Crippen LogP contribution in [0.3, 0.4) is 0 Å². The van der Waals surface area contributed by atoms with Crippen molar-refractivity contribution < 1.29 is 4.74 Å². The summed E-state index contributed by atoms with van der Waals surface area (Å²) in [4.78, 5) is 0. The lowest BCUT2D eigenvalue weighted by molar-refractivity contribution is 0.0554. The maximum absolute atomic E-state index is 6.34. The molecule has 3 atom stereocenters. The first-order valence-electron chi connectivity index (χ1n) is 7.92. The second-order valence-corrected chi connectivity index (χ2v) is 7.21. The molecule has 112 valence electrons. The van der Waals surface area contributed by atoms with Gasteiger partial charge in [0.1, 0.15) is 5.75 Å². The van der Waals surface area contributed by atoms with Gasteiger partial charge in [-0.25, -0.2) is 0 Å². The predicted molar refractivity (Wildman–Crippen MR) is 84.9 cm³/mol. The largest absolute Gasteiger partial charge is 0.490 e. The molecule has 1 aromatic rings. The molecule has 0 radical (unpaired) electrons. The van der Waals surface area contributed by atoms with Crippen molar-refractivity contribution in [2.45, 2.75) is 65.5 Å². The van der Waals surface area contributed by atoms with Crippen molar-refractivity contribution in [3.63, 3.8) is 0 Å². The summed E-state index contributed by atoms with van der Waals surface area (Å²) in [5.41, 5.74) is 7.72. The van der Waals surface area contributed by atoms with E-state index in [4.69, 9.17) is 10.5 Å². The smallest absolute Gasteiger partial charge is 0.124 e. The van der Waals surface area contributed by atoms with Crippen LogP contribution in [-0.4, -0.2) is 6.10 Å². The molecular weight excluding hydrogens is 246 g/mol. The van der Waals surface area contributed by atoms with Crippen LogP contribution in [-0.2, 0) is 0 Å². The minimum atomic E-state index is 0.0697. The standard InChI is InChI=1S/C18H29NO/c1-5-16(19)15-8-6-7-9-17(15)20-14-10-13(2)11-18(3,4)12-14/h6-9,13-14,16H,5,10-12,19H2,1-4H3/t13?,14?,16-/m0/s1. The minimum Gasteiger partial charge on any atom is -0.490 e. The van der Waals surface area contributed by atoms with Crippen LogP contribution in [0.25, 0.3) is 0 Å². The normalized spacial score (nSPS) is 27.1. The fourth-order valence-corrected chi connectivity index (χ4v) is 3.64. The third-order valence-electron chi connectivity index (χ3n) is 4.40. The van der Waals surface area contributed by atoms with Crippen molar-refractivity contribution in [3.8, 4) is 5.75 Å². The molecule has 1 fully saturated rings. The lowest BCUT2D eigenvalue weighted by Crippen LogP contribution is -2.34. The summed E-state index contributed by atoms with van der Waals surface area (Å²) in [5.74, 6) is 1.72. The number of hydrogen-bond acceptors (Lipinski definition) is 2. The topological polar surface area (TPSA) is 35.2 Å². The quantitative estimate of drug-likeness (QED) is 0.865. The Morgan fingerprint density at radius 3 is 2.65 bits per heavy atom. The first-order chi connectivity index (χ1) is 9.41. The fraction of sp³-hybridized carbons (Fsp3) is 0.667. The summed E-state index contributed by atoms with van der Waals surface area (Å²) < 4.78 is 6.34. The number of nitrogens with two attached hydrogens (primary N) is 1. The molecule has 0 amide bonds. The van der Waals surface area contributed by atoms with Crippen LogP contribution in [0.4, 0.5) is 0 Å². The highest BCUT2D eigenvalue weighted by atomic mass is 16.5. The molecule has 0 spiro atoms. The molecule has 0 heterocycles. The van der Waals surface area contributed by atoms with Crippen molar-refractivity contribution >= 4 is 0 Å². The van der Waals surface area contributed by atoms with Crippen molar-refractivity contribution in [3.05, 3.63) is 29.8 Å². The van der Waals surface area contributed by atoms with Gasteiger partial charge < -0.3 is 10.5 Å². The van der Waals surface area contributed by atoms with Gasteiger partial charge >= 0.3 is 0 Å². The Balaban J connectivity index is 2.13. The van der Waals surface area contributed by atoms with Crippen LogP contribution in [0.15, 0.2) is 24.3 Å². The average Bonchev–Trinajstić information content (AvgIpc) is 2.36. The van der Waals surface area contributed by atoms with E-state index in [1.165, 1.54) is 6.42 Å². The maximum Gasteiger partial charge on any atom is 0.124 e. The van der Waals surface area contributed by atoms with Crippen molar-refractivity contribution in [2.75, 3.05) is 0 Å². The molecular formula is C18H29NO. The molecule has 0 saturated heterocycles. The Morgan fingerprint density at radius 2 is 2.00 bits per heavy atom. The molecule has 2 heteroatoms. The molecule has 2 rings (SSSR count). The van der Waals surface area contributed by atoms with Crippen LogP contribution in [0.1, 0.15) is 65.0 Å². The van der Waals surface area contributed by atoms with Gasteiger partial charge in [-0.2, -0.15) is 0 Å². The van der Waals surface area contributed by atoms with Crippen LogP contribution in [0.2, 0.25) is 0 Å². The fourth-order valence-electron chi connectivity index (χ4n) is 3.64. The Kier molecular flexibility index (Phi) is 4.74. The van der Waals surface area contributed by atoms with Gasteiger partial charge in [0.05, 0.1) is 6.10 Å². The average molecular weight is 275 g/mol. The molecule has 2 unspecified atom stereocenters. The summed E-state index contributed by atoms with van der Waals surface area (Å²) in [5, 5.41) is 0. The van der Waals surface area contributed by atoms with Crippen LogP contribution in [0.5, 0.6) is 5.75 Å². The summed E-state index contributed by atoms with van der Waals surface area (Å²) in [6, 6.07) is 8.32. The van der Waals surface area contributed by atoms with Crippen molar-refractivity contribution in [1.29, 1.82) is 0 Å². The Hall–Kier alpha value is -1.02. The number of benzene rings is 1. The zero-order valence-corrected chi connectivity index (χ0v) is 13.4. The molecule has 0 aromatic heterocycles. The molecule has 1 aliphatic carbocycles. The van der Waals surface area contributed by atoms with E-state index in [9.17, 15) is 0 Å². The molecule has 1 aliphatic rings. The summed E-state index contributed by atoms with van der Waals surface area (Å²) in [7, 11) is 0.